The molecule has 0 saturated carbocycles. The van der Waals surface area contributed by atoms with Gasteiger partial charge in [0.2, 0.25) is 5.91 Å². The number of benzene rings is 1. The summed E-state index contributed by atoms with van der Waals surface area (Å²) in [6, 6.07) is 11.6. The zero-order chi connectivity index (χ0) is 16.9. The second-order valence-electron chi connectivity index (χ2n) is 5.71. The van der Waals surface area contributed by atoms with E-state index in [9.17, 15) is 4.79 Å². The number of carbonyl (C=O) groups excluding carboxylic acids is 1. The molecule has 0 bridgehead atoms. The van der Waals surface area contributed by atoms with E-state index >= 15 is 0 Å². The molecular weight excluding hydrogens is 322 g/mol. The number of rotatable bonds is 6. The van der Waals surface area contributed by atoms with Crippen molar-refractivity contribution < 1.29 is 9.21 Å². The quantitative estimate of drug-likeness (QED) is 0.639. The molecule has 3 aromatic rings. The van der Waals surface area contributed by atoms with E-state index in [0.29, 0.717) is 17.5 Å². The third-order valence-corrected chi connectivity index (χ3v) is 4.43. The number of hydrogen-bond acceptors (Lipinski definition) is 5. The summed E-state index contributed by atoms with van der Waals surface area (Å²) >= 11 is 1.33. The minimum Gasteiger partial charge on any atom is -0.431 e. The van der Waals surface area contributed by atoms with Crippen molar-refractivity contribution >= 4 is 28.8 Å². The van der Waals surface area contributed by atoms with Gasteiger partial charge in [-0.1, -0.05) is 30.0 Å². The van der Waals surface area contributed by atoms with Crippen molar-refractivity contribution in [2.24, 2.45) is 0 Å². The van der Waals surface area contributed by atoms with Crippen LogP contribution in [0.15, 0.2) is 58.4 Å². The van der Waals surface area contributed by atoms with Crippen molar-refractivity contribution in [3.05, 3.63) is 54.4 Å². The molecule has 124 valence electrons. The lowest BCUT2D eigenvalue weighted by molar-refractivity contribution is -0.130. The average molecular weight is 341 g/mol. The molecule has 2 aromatic heterocycles. The zero-order valence-corrected chi connectivity index (χ0v) is 14.5. The molecule has 0 radical (unpaired) electrons. The van der Waals surface area contributed by atoms with Crippen LogP contribution in [-0.4, -0.2) is 32.6 Å². The Kier molecular flexibility index (Phi) is 5.15. The van der Waals surface area contributed by atoms with Gasteiger partial charge in [-0.15, -0.1) is 0 Å². The normalized spacial score (nSPS) is 11.1. The first-order valence-corrected chi connectivity index (χ1v) is 8.79. The van der Waals surface area contributed by atoms with Crippen LogP contribution >= 0.6 is 11.8 Å². The van der Waals surface area contributed by atoms with Gasteiger partial charge in [-0.2, -0.15) is 0 Å². The number of carbonyl (C=O) groups is 1. The van der Waals surface area contributed by atoms with E-state index in [2.05, 4.69) is 9.97 Å². The number of amides is 1. The molecule has 1 aromatic carbocycles. The van der Waals surface area contributed by atoms with Gasteiger partial charge in [0.1, 0.15) is 5.52 Å². The van der Waals surface area contributed by atoms with Crippen molar-refractivity contribution in [2.45, 2.75) is 31.7 Å². The van der Waals surface area contributed by atoms with E-state index < -0.39 is 0 Å². The summed E-state index contributed by atoms with van der Waals surface area (Å²) in [4.78, 5) is 22.9. The Morgan fingerprint density at radius 3 is 2.79 bits per heavy atom. The Morgan fingerprint density at radius 2 is 2.08 bits per heavy atom. The van der Waals surface area contributed by atoms with E-state index in [1.165, 1.54) is 11.8 Å². The van der Waals surface area contributed by atoms with Gasteiger partial charge < -0.3 is 9.32 Å². The molecule has 1 amide bonds. The van der Waals surface area contributed by atoms with E-state index in [1.54, 1.807) is 12.4 Å². The van der Waals surface area contributed by atoms with E-state index in [-0.39, 0.29) is 11.9 Å². The minimum atomic E-state index is 0.0566. The molecule has 2 heterocycles. The first-order valence-electron chi connectivity index (χ1n) is 7.80. The third kappa shape index (κ3) is 3.94. The molecule has 0 aliphatic rings. The fourth-order valence-corrected chi connectivity index (χ4v) is 3.09. The van der Waals surface area contributed by atoms with Crippen molar-refractivity contribution in [3.8, 4) is 0 Å². The lowest BCUT2D eigenvalue weighted by Gasteiger charge is -2.26. The van der Waals surface area contributed by atoms with Gasteiger partial charge in [0.15, 0.2) is 5.58 Å². The number of fused-ring (bicyclic) bond motifs is 1. The summed E-state index contributed by atoms with van der Waals surface area (Å²) in [7, 11) is 0. The lowest BCUT2D eigenvalue weighted by Crippen LogP contribution is -2.37. The average Bonchev–Trinajstić information content (AvgIpc) is 3.01. The van der Waals surface area contributed by atoms with Crippen molar-refractivity contribution in [1.82, 2.24) is 14.9 Å². The molecule has 0 unspecified atom stereocenters. The summed E-state index contributed by atoms with van der Waals surface area (Å²) in [5, 5.41) is 0.523. The lowest BCUT2D eigenvalue weighted by atomic mass is 10.2. The topological polar surface area (TPSA) is 59.2 Å². The Morgan fingerprint density at radius 1 is 1.25 bits per heavy atom. The van der Waals surface area contributed by atoms with Crippen LogP contribution in [0.2, 0.25) is 0 Å². The highest BCUT2D eigenvalue weighted by Crippen LogP contribution is 2.23. The van der Waals surface area contributed by atoms with Crippen LogP contribution in [0.3, 0.4) is 0 Å². The van der Waals surface area contributed by atoms with Crippen LogP contribution < -0.4 is 0 Å². The molecule has 0 N–H and O–H groups in total. The Labute approximate surface area is 145 Å². The monoisotopic (exact) mass is 341 g/mol. The SMILES string of the molecule is CC(C)N(Cc1cccnc1)C(=O)CSc1nc2ccccc2o1. The van der Waals surface area contributed by atoms with Gasteiger partial charge in [-0.3, -0.25) is 9.78 Å². The number of thioether (sulfide) groups is 1. The molecule has 6 heteroatoms. The number of pyridine rings is 1. The van der Waals surface area contributed by atoms with Gasteiger partial charge in [0, 0.05) is 25.0 Å². The molecule has 0 fully saturated rings. The number of para-hydroxylation sites is 2. The highest BCUT2D eigenvalue weighted by molar-refractivity contribution is 7.99. The van der Waals surface area contributed by atoms with Crippen LogP contribution in [0, 0.1) is 0 Å². The van der Waals surface area contributed by atoms with Crippen molar-refractivity contribution in [3.63, 3.8) is 0 Å². The highest BCUT2D eigenvalue weighted by atomic mass is 32.2. The fraction of sp³-hybridized carbons (Fsp3) is 0.278. The Balaban J connectivity index is 1.65. The molecule has 24 heavy (non-hydrogen) atoms. The molecular formula is C18H19N3O2S. The van der Waals surface area contributed by atoms with Crippen molar-refractivity contribution in [1.29, 1.82) is 0 Å². The van der Waals surface area contributed by atoms with Gasteiger partial charge in [-0.25, -0.2) is 4.98 Å². The molecule has 0 saturated heterocycles. The predicted octanol–water partition coefficient (Wildman–Crippen LogP) is 3.75. The fourth-order valence-electron chi connectivity index (χ4n) is 2.37. The first kappa shape index (κ1) is 16.5. The summed E-state index contributed by atoms with van der Waals surface area (Å²) in [5.74, 6) is 0.353. The Hall–Kier alpha value is -2.34. The first-order chi connectivity index (χ1) is 11.6. The van der Waals surface area contributed by atoms with Gasteiger partial charge in [0.25, 0.3) is 5.22 Å². The minimum absolute atomic E-state index is 0.0566. The molecule has 0 spiro atoms. The second kappa shape index (κ2) is 7.49. The third-order valence-electron chi connectivity index (χ3n) is 3.61. The summed E-state index contributed by atoms with van der Waals surface area (Å²) < 4.78 is 5.65. The maximum atomic E-state index is 12.6. The Bertz CT molecular complexity index is 784. The number of nitrogens with zero attached hydrogens (tertiary/aromatic N) is 3. The molecule has 0 atom stereocenters. The van der Waals surface area contributed by atoms with Gasteiger partial charge in [0.05, 0.1) is 5.75 Å². The van der Waals surface area contributed by atoms with E-state index in [1.807, 2.05) is 55.1 Å². The summed E-state index contributed by atoms with van der Waals surface area (Å²) in [5.41, 5.74) is 2.57. The van der Waals surface area contributed by atoms with Crippen molar-refractivity contribution in [2.75, 3.05) is 5.75 Å². The largest absolute Gasteiger partial charge is 0.431 e. The standard InChI is InChI=1S/C18H19N3O2S/c1-13(2)21(11-14-6-5-9-19-10-14)17(22)12-24-18-20-15-7-3-4-8-16(15)23-18/h3-10,13H,11-12H2,1-2H3. The molecule has 5 nitrogen and oxygen atoms in total. The summed E-state index contributed by atoms with van der Waals surface area (Å²) in [6.07, 6.45) is 3.52. The van der Waals surface area contributed by atoms with E-state index in [0.717, 1.165) is 16.7 Å². The predicted molar refractivity (Wildman–Crippen MR) is 94.7 cm³/mol. The van der Waals surface area contributed by atoms with Crippen LogP contribution in [0.5, 0.6) is 0 Å². The second-order valence-corrected chi connectivity index (χ2v) is 6.64. The maximum absolute atomic E-state index is 12.6. The smallest absolute Gasteiger partial charge is 0.257 e. The zero-order valence-electron chi connectivity index (χ0n) is 13.7. The van der Waals surface area contributed by atoms with Crippen LogP contribution in [0.1, 0.15) is 19.4 Å². The molecule has 3 rings (SSSR count). The number of aromatic nitrogens is 2. The van der Waals surface area contributed by atoms with Crippen LogP contribution in [0.25, 0.3) is 11.1 Å². The van der Waals surface area contributed by atoms with E-state index in [4.69, 9.17) is 4.42 Å². The van der Waals surface area contributed by atoms with Gasteiger partial charge >= 0.3 is 0 Å². The molecule has 0 aliphatic heterocycles. The van der Waals surface area contributed by atoms with Crippen LogP contribution in [-0.2, 0) is 11.3 Å². The summed E-state index contributed by atoms with van der Waals surface area (Å²) in [6.45, 7) is 4.58. The highest BCUT2D eigenvalue weighted by Gasteiger charge is 2.19. The molecule has 0 aliphatic carbocycles. The van der Waals surface area contributed by atoms with Crippen LogP contribution in [0.4, 0.5) is 0 Å². The van der Waals surface area contributed by atoms with Gasteiger partial charge in [-0.05, 0) is 37.6 Å². The number of hydrogen-bond donors (Lipinski definition) is 0. The number of oxazole rings is 1. The maximum Gasteiger partial charge on any atom is 0.257 e.